The summed E-state index contributed by atoms with van der Waals surface area (Å²) < 4.78 is 0. The first-order valence-corrected chi connectivity index (χ1v) is 5.52. The molecule has 1 heterocycles. The number of carbonyl (C=O) groups is 1. The molecule has 17 heavy (non-hydrogen) atoms. The lowest BCUT2D eigenvalue weighted by Crippen LogP contribution is -2.35. The van der Waals surface area contributed by atoms with E-state index in [9.17, 15) is 4.79 Å². The van der Waals surface area contributed by atoms with E-state index in [1.54, 1.807) is 17.2 Å². The van der Waals surface area contributed by atoms with Gasteiger partial charge in [0.1, 0.15) is 5.82 Å². The Morgan fingerprint density at radius 3 is 2.76 bits per heavy atom. The maximum absolute atomic E-state index is 11.4. The Balaban J connectivity index is 2.52. The SMILES string of the molecule is CC(C)NC(=O)CNc1ccnc(N(C)C)n1. The van der Waals surface area contributed by atoms with Crippen molar-refractivity contribution in [2.45, 2.75) is 19.9 Å². The normalized spacial score (nSPS) is 10.2. The van der Waals surface area contributed by atoms with Gasteiger partial charge in [-0.3, -0.25) is 4.79 Å². The number of aromatic nitrogens is 2. The molecule has 1 aromatic rings. The van der Waals surface area contributed by atoms with E-state index in [0.29, 0.717) is 11.8 Å². The number of amides is 1. The molecule has 1 aromatic heterocycles. The van der Waals surface area contributed by atoms with Gasteiger partial charge >= 0.3 is 0 Å². The van der Waals surface area contributed by atoms with Crippen LogP contribution in [0.15, 0.2) is 12.3 Å². The summed E-state index contributed by atoms with van der Waals surface area (Å²) >= 11 is 0. The fourth-order valence-electron chi connectivity index (χ4n) is 1.21. The van der Waals surface area contributed by atoms with E-state index in [1.807, 2.05) is 27.9 Å². The molecule has 0 unspecified atom stereocenters. The van der Waals surface area contributed by atoms with E-state index in [1.165, 1.54) is 0 Å². The maximum Gasteiger partial charge on any atom is 0.239 e. The van der Waals surface area contributed by atoms with Gasteiger partial charge in [0.15, 0.2) is 0 Å². The summed E-state index contributed by atoms with van der Waals surface area (Å²) in [7, 11) is 3.73. The van der Waals surface area contributed by atoms with E-state index < -0.39 is 0 Å². The smallest absolute Gasteiger partial charge is 0.239 e. The molecule has 2 N–H and O–H groups in total. The van der Waals surface area contributed by atoms with Gasteiger partial charge in [-0.05, 0) is 19.9 Å². The molecule has 0 aliphatic rings. The predicted molar refractivity (Wildman–Crippen MR) is 68.1 cm³/mol. The number of nitrogens with zero attached hydrogens (tertiary/aromatic N) is 3. The Labute approximate surface area is 101 Å². The number of anilines is 2. The van der Waals surface area contributed by atoms with Crippen molar-refractivity contribution in [3.8, 4) is 0 Å². The highest BCUT2D eigenvalue weighted by atomic mass is 16.1. The maximum atomic E-state index is 11.4. The van der Waals surface area contributed by atoms with Gasteiger partial charge in [0.25, 0.3) is 0 Å². The first-order valence-electron chi connectivity index (χ1n) is 5.52. The molecule has 0 bridgehead atoms. The number of hydrogen-bond donors (Lipinski definition) is 2. The lowest BCUT2D eigenvalue weighted by molar-refractivity contribution is -0.119. The average molecular weight is 237 g/mol. The molecule has 6 nitrogen and oxygen atoms in total. The van der Waals surface area contributed by atoms with Crippen molar-refractivity contribution in [3.63, 3.8) is 0 Å². The van der Waals surface area contributed by atoms with Crippen LogP contribution in [-0.4, -0.2) is 42.6 Å². The molecule has 0 aliphatic carbocycles. The number of hydrogen-bond acceptors (Lipinski definition) is 5. The summed E-state index contributed by atoms with van der Waals surface area (Å²) in [6, 6.07) is 1.88. The van der Waals surface area contributed by atoms with Crippen molar-refractivity contribution in [2.75, 3.05) is 30.9 Å². The first kappa shape index (κ1) is 13.2. The summed E-state index contributed by atoms with van der Waals surface area (Å²) in [5.41, 5.74) is 0. The lowest BCUT2D eigenvalue weighted by Gasteiger charge is -2.12. The largest absolute Gasteiger partial charge is 0.361 e. The quantitative estimate of drug-likeness (QED) is 0.779. The van der Waals surface area contributed by atoms with Crippen molar-refractivity contribution in [1.29, 1.82) is 0 Å². The third-order valence-electron chi connectivity index (χ3n) is 1.92. The standard InChI is InChI=1S/C11H19N5O/c1-8(2)14-10(17)7-13-9-5-6-12-11(15-9)16(3)4/h5-6,8H,7H2,1-4H3,(H,14,17)(H,12,13,15). The van der Waals surface area contributed by atoms with Crippen LogP contribution in [0.4, 0.5) is 11.8 Å². The zero-order valence-electron chi connectivity index (χ0n) is 10.7. The molecular weight excluding hydrogens is 218 g/mol. The molecule has 94 valence electrons. The van der Waals surface area contributed by atoms with Gasteiger partial charge in [-0.15, -0.1) is 0 Å². The number of nitrogens with one attached hydrogen (secondary N) is 2. The topological polar surface area (TPSA) is 70.2 Å². The van der Waals surface area contributed by atoms with E-state index in [4.69, 9.17) is 0 Å². The molecule has 0 aromatic carbocycles. The summed E-state index contributed by atoms with van der Waals surface area (Å²) in [6.45, 7) is 4.06. The zero-order valence-corrected chi connectivity index (χ0v) is 10.7. The van der Waals surface area contributed by atoms with Crippen LogP contribution in [0.25, 0.3) is 0 Å². The van der Waals surface area contributed by atoms with Crippen molar-refractivity contribution in [3.05, 3.63) is 12.3 Å². The van der Waals surface area contributed by atoms with Crippen LogP contribution >= 0.6 is 0 Å². The summed E-state index contributed by atoms with van der Waals surface area (Å²) in [6.07, 6.45) is 1.66. The van der Waals surface area contributed by atoms with Gasteiger partial charge in [-0.25, -0.2) is 4.98 Å². The second-order valence-electron chi connectivity index (χ2n) is 4.21. The van der Waals surface area contributed by atoms with E-state index in [-0.39, 0.29) is 18.5 Å². The van der Waals surface area contributed by atoms with Crippen LogP contribution < -0.4 is 15.5 Å². The van der Waals surface area contributed by atoms with Crippen molar-refractivity contribution in [2.24, 2.45) is 0 Å². The number of rotatable bonds is 5. The summed E-state index contributed by atoms with van der Waals surface area (Å²) in [5.74, 6) is 1.20. The van der Waals surface area contributed by atoms with Crippen LogP contribution in [0.5, 0.6) is 0 Å². The van der Waals surface area contributed by atoms with Crippen molar-refractivity contribution in [1.82, 2.24) is 15.3 Å². The highest BCUT2D eigenvalue weighted by Gasteiger charge is 2.04. The van der Waals surface area contributed by atoms with Gasteiger partial charge in [-0.2, -0.15) is 4.98 Å². The van der Waals surface area contributed by atoms with Crippen molar-refractivity contribution < 1.29 is 4.79 Å². The third kappa shape index (κ3) is 4.67. The molecule has 0 fully saturated rings. The van der Waals surface area contributed by atoms with Crippen LogP contribution in [0, 0.1) is 0 Å². The lowest BCUT2D eigenvalue weighted by atomic mass is 10.4. The monoisotopic (exact) mass is 237 g/mol. The minimum atomic E-state index is -0.0509. The molecule has 6 heteroatoms. The van der Waals surface area contributed by atoms with Gasteiger partial charge in [0.05, 0.1) is 6.54 Å². The average Bonchev–Trinajstić information content (AvgIpc) is 2.26. The van der Waals surface area contributed by atoms with E-state index in [0.717, 1.165) is 0 Å². The molecule has 0 spiro atoms. The van der Waals surface area contributed by atoms with Gasteiger partial charge in [0.2, 0.25) is 11.9 Å². The molecule has 1 amide bonds. The Bertz CT molecular complexity index is 378. The van der Waals surface area contributed by atoms with Gasteiger partial charge < -0.3 is 15.5 Å². The minimum Gasteiger partial charge on any atom is -0.361 e. The Hall–Kier alpha value is -1.85. The Morgan fingerprint density at radius 1 is 1.47 bits per heavy atom. The third-order valence-corrected chi connectivity index (χ3v) is 1.92. The van der Waals surface area contributed by atoms with Gasteiger partial charge in [-0.1, -0.05) is 0 Å². The fourth-order valence-corrected chi connectivity index (χ4v) is 1.21. The molecule has 0 saturated heterocycles. The molecule has 0 aliphatic heterocycles. The molecule has 0 radical (unpaired) electrons. The van der Waals surface area contributed by atoms with Crippen LogP contribution in [-0.2, 0) is 4.79 Å². The highest BCUT2D eigenvalue weighted by molar-refractivity contribution is 5.80. The number of carbonyl (C=O) groups excluding carboxylic acids is 1. The van der Waals surface area contributed by atoms with Crippen LogP contribution in [0.3, 0.4) is 0 Å². The summed E-state index contributed by atoms with van der Waals surface area (Å²) in [5, 5.41) is 5.75. The van der Waals surface area contributed by atoms with E-state index in [2.05, 4.69) is 20.6 Å². The minimum absolute atomic E-state index is 0.0509. The predicted octanol–water partition coefficient (Wildman–Crippen LogP) is 0.479. The fraction of sp³-hybridized carbons (Fsp3) is 0.545. The first-order chi connectivity index (χ1) is 7.99. The Kier molecular flexibility index (Phi) is 4.68. The molecule has 0 saturated carbocycles. The van der Waals surface area contributed by atoms with Gasteiger partial charge in [0, 0.05) is 26.3 Å². The molecular formula is C11H19N5O. The van der Waals surface area contributed by atoms with Crippen LogP contribution in [0.1, 0.15) is 13.8 Å². The Morgan fingerprint density at radius 2 is 2.18 bits per heavy atom. The second-order valence-corrected chi connectivity index (χ2v) is 4.21. The second kappa shape index (κ2) is 6.03. The molecule has 1 rings (SSSR count). The summed E-state index contributed by atoms with van der Waals surface area (Å²) in [4.78, 5) is 21.6. The zero-order chi connectivity index (χ0) is 12.8. The van der Waals surface area contributed by atoms with Crippen molar-refractivity contribution >= 4 is 17.7 Å². The molecule has 0 atom stereocenters. The van der Waals surface area contributed by atoms with Crippen LogP contribution in [0.2, 0.25) is 0 Å². The highest BCUT2D eigenvalue weighted by Crippen LogP contribution is 2.07. The van der Waals surface area contributed by atoms with E-state index >= 15 is 0 Å².